The summed E-state index contributed by atoms with van der Waals surface area (Å²) in [7, 11) is 0. The standard InChI is InChI=1S/C40H28N6O/c1-40(2)30-17-9-11-19-32(30)46(33-20-12-10-18-31(33)40)34-24-42-22-28-27-21-41-23-29(35(27)47-36(28)34)39-44-37(25-13-5-3-6-14-25)43-38(45-39)26-15-7-4-8-16-26/h3-24H,1-2H3. The Morgan fingerprint density at radius 1 is 0.489 bits per heavy atom. The van der Waals surface area contributed by atoms with Crippen LogP contribution in [-0.4, -0.2) is 24.9 Å². The van der Waals surface area contributed by atoms with Gasteiger partial charge in [-0.3, -0.25) is 9.97 Å². The molecule has 5 heterocycles. The lowest BCUT2D eigenvalue weighted by molar-refractivity contribution is 0.630. The highest BCUT2D eigenvalue weighted by Gasteiger charge is 2.37. The summed E-state index contributed by atoms with van der Waals surface area (Å²) < 4.78 is 6.87. The van der Waals surface area contributed by atoms with Gasteiger partial charge in [-0.2, -0.15) is 0 Å². The lowest BCUT2D eigenvalue weighted by Crippen LogP contribution is -2.30. The molecule has 0 unspecified atom stereocenters. The van der Waals surface area contributed by atoms with Crippen molar-refractivity contribution in [1.29, 1.82) is 0 Å². The van der Waals surface area contributed by atoms with Gasteiger partial charge in [0.15, 0.2) is 23.1 Å². The Morgan fingerprint density at radius 2 is 0.979 bits per heavy atom. The molecule has 9 rings (SSSR count). The Hall–Kier alpha value is -6.21. The van der Waals surface area contributed by atoms with Crippen LogP contribution in [-0.2, 0) is 5.41 Å². The van der Waals surface area contributed by atoms with Crippen molar-refractivity contribution >= 4 is 39.0 Å². The minimum Gasteiger partial charge on any atom is -0.453 e. The van der Waals surface area contributed by atoms with Gasteiger partial charge < -0.3 is 9.32 Å². The van der Waals surface area contributed by atoms with E-state index in [0.29, 0.717) is 34.2 Å². The SMILES string of the molecule is CC1(C)c2ccccc2N(c2cncc3c2oc2c(-c4nc(-c5ccccc5)nc(-c5ccccc5)n4)cncc23)c2ccccc21. The van der Waals surface area contributed by atoms with Crippen LogP contribution >= 0.6 is 0 Å². The maximum atomic E-state index is 6.87. The number of benzene rings is 4. The maximum Gasteiger partial charge on any atom is 0.169 e. The van der Waals surface area contributed by atoms with Crippen LogP contribution in [0.4, 0.5) is 17.1 Å². The van der Waals surface area contributed by atoms with Crippen molar-refractivity contribution in [2.45, 2.75) is 19.3 Å². The monoisotopic (exact) mass is 608 g/mol. The van der Waals surface area contributed by atoms with Crippen molar-refractivity contribution in [3.05, 3.63) is 145 Å². The zero-order valence-electron chi connectivity index (χ0n) is 25.8. The van der Waals surface area contributed by atoms with Crippen LogP contribution in [0.1, 0.15) is 25.0 Å². The smallest absolute Gasteiger partial charge is 0.169 e. The van der Waals surface area contributed by atoms with Crippen molar-refractivity contribution in [3.8, 4) is 34.2 Å². The summed E-state index contributed by atoms with van der Waals surface area (Å²) in [5.74, 6) is 1.64. The van der Waals surface area contributed by atoms with Crippen LogP contribution in [0.15, 0.2) is 138 Å². The number of para-hydroxylation sites is 2. The van der Waals surface area contributed by atoms with E-state index in [0.717, 1.165) is 39.0 Å². The molecule has 0 amide bonds. The number of hydrogen-bond acceptors (Lipinski definition) is 7. The molecule has 0 N–H and O–H groups in total. The van der Waals surface area contributed by atoms with E-state index in [-0.39, 0.29) is 5.41 Å². The van der Waals surface area contributed by atoms with E-state index in [1.807, 2.05) is 79.3 Å². The first kappa shape index (κ1) is 27.1. The summed E-state index contributed by atoms with van der Waals surface area (Å²) in [6.45, 7) is 4.56. The molecule has 0 saturated heterocycles. The van der Waals surface area contributed by atoms with Gasteiger partial charge in [0, 0.05) is 40.5 Å². The fourth-order valence-corrected chi connectivity index (χ4v) is 6.77. The van der Waals surface area contributed by atoms with Crippen LogP contribution in [0.5, 0.6) is 0 Å². The third kappa shape index (κ3) is 4.24. The molecule has 7 heteroatoms. The summed E-state index contributed by atoms with van der Waals surface area (Å²) in [5, 5.41) is 1.71. The van der Waals surface area contributed by atoms with Crippen molar-refractivity contribution in [1.82, 2.24) is 24.9 Å². The number of nitrogens with zero attached hydrogens (tertiary/aromatic N) is 6. The number of aromatic nitrogens is 5. The van der Waals surface area contributed by atoms with Gasteiger partial charge in [-0.15, -0.1) is 0 Å². The Bertz CT molecular complexity index is 2350. The minimum absolute atomic E-state index is 0.179. The van der Waals surface area contributed by atoms with E-state index in [4.69, 9.17) is 24.4 Å². The van der Waals surface area contributed by atoms with Crippen LogP contribution in [0, 0.1) is 0 Å². The van der Waals surface area contributed by atoms with E-state index >= 15 is 0 Å². The number of hydrogen-bond donors (Lipinski definition) is 0. The summed E-state index contributed by atoms with van der Waals surface area (Å²) in [6.07, 6.45) is 7.33. The van der Waals surface area contributed by atoms with Gasteiger partial charge in [0.2, 0.25) is 0 Å². The van der Waals surface area contributed by atoms with Crippen molar-refractivity contribution in [2.24, 2.45) is 0 Å². The molecule has 4 aromatic carbocycles. The van der Waals surface area contributed by atoms with Gasteiger partial charge in [-0.1, -0.05) is 111 Å². The lowest BCUT2D eigenvalue weighted by Gasteiger charge is -2.41. The molecule has 0 spiro atoms. The molecule has 1 aliphatic rings. The van der Waals surface area contributed by atoms with Gasteiger partial charge in [0.05, 0.1) is 28.5 Å². The summed E-state index contributed by atoms with van der Waals surface area (Å²) in [4.78, 5) is 26.4. The normalized spacial score (nSPS) is 13.4. The van der Waals surface area contributed by atoms with E-state index in [9.17, 15) is 0 Å². The van der Waals surface area contributed by atoms with Crippen LogP contribution < -0.4 is 4.90 Å². The Morgan fingerprint density at radius 3 is 1.57 bits per heavy atom. The average Bonchev–Trinajstić information content (AvgIpc) is 3.52. The third-order valence-corrected chi connectivity index (χ3v) is 9.09. The summed E-state index contributed by atoms with van der Waals surface area (Å²) in [5.41, 5.74) is 9.19. The minimum atomic E-state index is -0.179. The zero-order valence-corrected chi connectivity index (χ0v) is 25.8. The Kier molecular flexibility index (Phi) is 6.02. The fourth-order valence-electron chi connectivity index (χ4n) is 6.77. The molecule has 4 aromatic heterocycles. The maximum absolute atomic E-state index is 6.87. The largest absolute Gasteiger partial charge is 0.453 e. The first-order chi connectivity index (χ1) is 23.1. The number of pyridine rings is 2. The molecule has 1 aliphatic heterocycles. The van der Waals surface area contributed by atoms with E-state index in [2.05, 4.69) is 72.3 Å². The molecule has 0 saturated carbocycles. The van der Waals surface area contributed by atoms with Crippen LogP contribution in [0.3, 0.4) is 0 Å². The molecule has 224 valence electrons. The molecule has 0 radical (unpaired) electrons. The molecule has 0 fully saturated rings. The number of furan rings is 1. The highest BCUT2D eigenvalue weighted by molar-refractivity contribution is 6.12. The number of anilines is 3. The van der Waals surface area contributed by atoms with Crippen molar-refractivity contribution in [2.75, 3.05) is 4.90 Å². The molecular weight excluding hydrogens is 580 g/mol. The second kappa shape index (κ2) is 10.4. The van der Waals surface area contributed by atoms with Gasteiger partial charge in [0.25, 0.3) is 0 Å². The predicted molar refractivity (Wildman–Crippen MR) is 186 cm³/mol. The van der Waals surface area contributed by atoms with E-state index in [1.54, 1.807) is 6.20 Å². The molecule has 0 atom stereocenters. The number of rotatable bonds is 4. The van der Waals surface area contributed by atoms with Crippen LogP contribution in [0.25, 0.3) is 56.1 Å². The highest BCUT2D eigenvalue weighted by Crippen LogP contribution is 2.53. The second-order valence-corrected chi connectivity index (χ2v) is 12.2. The molecular formula is C40H28N6O. The average molecular weight is 609 g/mol. The van der Waals surface area contributed by atoms with Gasteiger partial charge >= 0.3 is 0 Å². The van der Waals surface area contributed by atoms with Crippen LogP contribution in [0.2, 0.25) is 0 Å². The van der Waals surface area contributed by atoms with Gasteiger partial charge in [-0.05, 0) is 23.3 Å². The highest BCUT2D eigenvalue weighted by atomic mass is 16.3. The Labute approximate surface area is 271 Å². The molecule has 0 bridgehead atoms. The van der Waals surface area contributed by atoms with Gasteiger partial charge in [0.1, 0.15) is 11.3 Å². The second-order valence-electron chi connectivity index (χ2n) is 12.2. The molecule has 0 aliphatic carbocycles. The molecule has 7 nitrogen and oxygen atoms in total. The first-order valence-electron chi connectivity index (χ1n) is 15.6. The van der Waals surface area contributed by atoms with Gasteiger partial charge in [-0.25, -0.2) is 15.0 Å². The molecule has 47 heavy (non-hydrogen) atoms. The van der Waals surface area contributed by atoms with E-state index in [1.165, 1.54) is 11.1 Å². The third-order valence-electron chi connectivity index (χ3n) is 9.09. The predicted octanol–water partition coefficient (Wildman–Crippen LogP) is 9.67. The summed E-state index contributed by atoms with van der Waals surface area (Å²) >= 11 is 0. The first-order valence-corrected chi connectivity index (χ1v) is 15.6. The Balaban J connectivity index is 1.29. The zero-order chi connectivity index (χ0) is 31.5. The molecule has 8 aromatic rings. The fraction of sp³-hybridized carbons (Fsp3) is 0.0750. The topological polar surface area (TPSA) is 80.8 Å². The van der Waals surface area contributed by atoms with E-state index < -0.39 is 0 Å². The summed E-state index contributed by atoms with van der Waals surface area (Å²) in [6, 6.07) is 37.0. The quantitative estimate of drug-likeness (QED) is 0.197. The number of fused-ring (bicyclic) bond motifs is 5. The van der Waals surface area contributed by atoms with Crippen molar-refractivity contribution in [3.63, 3.8) is 0 Å². The lowest BCUT2D eigenvalue weighted by atomic mass is 9.73. The van der Waals surface area contributed by atoms with Crippen molar-refractivity contribution < 1.29 is 4.42 Å².